The standard InChI is InChI=1S/C32H41NO6/c1-18-16-31-20(3)14-19(2)29(4,5)23(25(31)34)15-22-17-37-30(6,7)39-27(22)32(31,36)26(18)38-28(35)33-13-12-21-10-8-9-11-24(21)33/h8-11,15-16,19-20,23,26-27,36H,12-14,17H2,1-7H3/t19-,20+,23+,26-,27+,31-,32+/m0/s1. The summed E-state index contributed by atoms with van der Waals surface area (Å²) in [5.74, 6) is -1.44. The van der Waals surface area contributed by atoms with Crippen LogP contribution in [0.15, 0.2) is 47.6 Å². The molecule has 39 heavy (non-hydrogen) atoms. The lowest BCUT2D eigenvalue weighted by Gasteiger charge is -2.52. The van der Waals surface area contributed by atoms with Crippen molar-refractivity contribution in [2.24, 2.45) is 28.6 Å². The quantitative estimate of drug-likeness (QED) is 0.497. The van der Waals surface area contributed by atoms with Crippen LogP contribution in [0.2, 0.25) is 0 Å². The Balaban J connectivity index is 1.50. The first-order valence-corrected chi connectivity index (χ1v) is 14.3. The summed E-state index contributed by atoms with van der Waals surface area (Å²) in [6, 6.07) is 7.80. The number of para-hydroxylation sites is 1. The second kappa shape index (κ2) is 8.51. The predicted octanol–water partition coefficient (Wildman–Crippen LogP) is 5.21. The van der Waals surface area contributed by atoms with Gasteiger partial charge in [-0.05, 0) is 73.6 Å². The molecule has 2 bridgehead atoms. The van der Waals surface area contributed by atoms with Gasteiger partial charge in [0.2, 0.25) is 0 Å². The summed E-state index contributed by atoms with van der Waals surface area (Å²) >= 11 is 0. The van der Waals surface area contributed by atoms with Gasteiger partial charge in [0.15, 0.2) is 23.3 Å². The van der Waals surface area contributed by atoms with E-state index >= 15 is 0 Å². The zero-order valence-electron chi connectivity index (χ0n) is 24.1. The molecular weight excluding hydrogens is 494 g/mol. The second-order valence-corrected chi connectivity index (χ2v) is 13.5. The zero-order valence-corrected chi connectivity index (χ0v) is 24.1. The lowest BCUT2D eigenvalue weighted by atomic mass is 9.59. The number of nitrogens with zero attached hydrogens (tertiary/aromatic N) is 1. The third-order valence-corrected chi connectivity index (χ3v) is 10.6. The van der Waals surface area contributed by atoms with Gasteiger partial charge in [-0.1, -0.05) is 58.0 Å². The molecule has 1 N–H and O–H groups in total. The molecule has 1 saturated carbocycles. The van der Waals surface area contributed by atoms with E-state index in [9.17, 15) is 14.7 Å². The zero-order chi connectivity index (χ0) is 28.1. The molecule has 7 nitrogen and oxygen atoms in total. The van der Waals surface area contributed by atoms with Crippen LogP contribution in [0, 0.1) is 28.6 Å². The summed E-state index contributed by atoms with van der Waals surface area (Å²) < 4.78 is 18.8. The molecule has 2 fully saturated rings. The minimum Gasteiger partial charge on any atom is -0.438 e. The van der Waals surface area contributed by atoms with Crippen molar-refractivity contribution >= 4 is 17.6 Å². The number of ketones is 1. The van der Waals surface area contributed by atoms with Crippen LogP contribution in [0.25, 0.3) is 0 Å². The van der Waals surface area contributed by atoms with Crippen LogP contribution in [0.3, 0.4) is 0 Å². The van der Waals surface area contributed by atoms with E-state index in [1.807, 2.05) is 57.2 Å². The lowest BCUT2D eigenvalue weighted by Crippen LogP contribution is -2.68. The lowest BCUT2D eigenvalue weighted by molar-refractivity contribution is -0.302. The van der Waals surface area contributed by atoms with E-state index in [-0.39, 0.29) is 29.6 Å². The van der Waals surface area contributed by atoms with Gasteiger partial charge in [0, 0.05) is 12.5 Å². The molecule has 2 heterocycles. The molecule has 7 heteroatoms. The van der Waals surface area contributed by atoms with Gasteiger partial charge in [-0.2, -0.15) is 0 Å². The van der Waals surface area contributed by atoms with E-state index in [1.165, 1.54) is 0 Å². The monoisotopic (exact) mass is 535 g/mol. The van der Waals surface area contributed by atoms with Gasteiger partial charge in [0.1, 0.15) is 6.10 Å². The third kappa shape index (κ3) is 3.52. The number of ether oxygens (including phenoxy) is 3. The van der Waals surface area contributed by atoms with E-state index in [0.29, 0.717) is 12.1 Å². The molecule has 3 aliphatic carbocycles. The number of rotatable bonds is 1. The highest BCUT2D eigenvalue weighted by Gasteiger charge is 2.74. The average Bonchev–Trinajstić information content (AvgIpc) is 3.37. The Kier molecular flexibility index (Phi) is 5.83. The first-order chi connectivity index (χ1) is 18.2. The van der Waals surface area contributed by atoms with E-state index in [1.54, 1.807) is 4.90 Å². The van der Waals surface area contributed by atoms with Crippen molar-refractivity contribution in [2.45, 2.75) is 84.9 Å². The summed E-state index contributed by atoms with van der Waals surface area (Å²) in [5.41, 5.74) is -0.133. The van der Waals surface area contributed by atoms with E-state index in [4.69, 9.17) is 14.2 Å². The van der Waals surface area contributed by atoms with Crippen LogP contribution in [-0.4, -0.2) is 53.7 Å². The first kappa shape index (κ1) is 26.7. The maximum absolute atomic E-state index is 14.8. The normalized spacial score (nSPS) is 39.9. The molecule has 7 atom stereocenters. The average molecular weight is 536 g/mol. The van der Waals surface area contributed by atoms with Crippen LogP contribution in [-0.2, 0) is 25.4 Å². The molecule has 1 aromatic rings. The Bertz CT molecular complexity index is 1300. The Labute approximate surface area is 231 Å². The molecule has 1 amide bonds. The molecule has 1 spiro atoms. The smallest absolute Gasteiger partial charge is 0.415 e. The summed E-state index contributed by atoms with van der Waals surface area (Å²) in [6.45, 7) is 14.8. The number of carbonyl (C=O) groups excluding carboxylic acids is 2. The maximum Gasteiger partial charge on any atom is 0.415 e. The number of aliphatic hydroxyl groups is 1. The summed E-state index contributed by atoms with van der Waals surface area (Å²) in [4.78, 5) is 30.2. The van der Waals surface area contributed by atoms with Gasteiger partial charge < -0.3 is 19.3 Å². The number of amides is 1. The van der Waals surface area contributed by atoms with Crippen LogP contribution in [0.1, 0.15) is 60.5 Å². The first-order valence-electron chi connectivity index (χ1n) is 14.3. The molecule has 6 rings (SSSR count). The van der Waals surface area contributed by atoms with Crippen molar-refractivity contribution in [1.82, 2.24) is 0 Å². The number of Topliss-reactive ketones (excluding diaryl/α,β-unsaturated/α-hetero) is 1. The number of fused-ring (bicyclic) bond motifs is 4. The van der Waals surface area contributed by atoms with Crippen molar-refractivity contribution < 1.29 is 28.9 Å². The fourth-order valence-corrected chi connectivity index (χ4v) is 8.05. The number of allylic oxidation sites excluding steroid dienone is 1. The van der Waals surface area contributed by atoms with Gasteiger partial charge in [0.05, 0.1) is 17.7 Å². The molecule has 2 aliphatic heterocycles. The van der Waals surface area contributed by atoms with Crippen LogP contribution < -0.4 is 4.90 Å². The molecule has 1 aromatic carbocycles. The van der Waals surface area contributed by atoms with E-state index in [0.717, 1.165) is 29.7 Å². The number of hydrogen-bond acceptors (Lipinski definition) is 6. The molecule has 210 valence electrons. The van der Waals surface area contributed by atoms with Gasteiger partial charge in [-0.25, -0.2) is 4.79 Å². The summed E-state index contributed by atoms with van der Waals surface area (Å²) in [6.07, 6.45) is 2.95. The van der Waals surface area contributed by atoms with Gasteiger partial charge >= 0.3 is 6.09 Å². The van der Waals surface area contributed by atoms with Gasteiger partial charge in [-0.3, -0.25) is 9.69 Å². The molecule has 0 unspecified atom stereocenters. The number of benzene rings is 1. The SMILES string of the molecule is CC1=C[C@]23C(=O)[C@@H](C=C4COC(C)(C)O[C@H]4[C@]2(O)[C@H]1OC(=O)N1CCc2ccccc21)C(C)(C)[C@@H](C)C[C@H]3C. The van der Waals surface area contributed by atoms with E-state index in [2.05, 4.69) is 27.7 Å². The minimum atomic E-state index is -1.83. The number of carbonyl (C=O) groups is 2. The second-order valence-electron chi connectivity index (χ2n) is 13.5. The Hall–Kier alpha value is -2.48. The van der Waals surface area contributed by atoms with Crippen molar-refractivity contribution in [3.05, 3.63) is 53.1 Å². The Morgan fingerprint density at radius 2 is 1.85 bits per heavy atom. The summed E-state index contributed by atoms with van der Waals surface area (Å²) in [7, 11) is 0. The van der Waals surface area contributed by atoms with Crippen molar-refractivity contribution in [2.75, 3.05) is 18.1 Å². The molecule has 0 radical (unpaired) electrons. The predicted molar refractivity (Wildman–Crippen MR) is 147 cm³/mol. The summed E-state index contributed by atoms with van der Waals surface area (Å²) in [5, 5.41) is 13.2. The Morgan fingerprint density at radius 3 is 2.59 bits per heavy atom. The van der Waals surface area contributed by atoms with Gasteiger partial charge in [0.25, 0.3) is 0 Å². The van der Waals surface area contributed by atoms with Crippen molar-refractivity contribution in [1.29, 1.82) is 0 Å². The highest BCUT2D eigenvalue weighted by atomic mass is 16.7. The van der Waals surface area contributed by atoms with Gasteiger partial charge in [-0.15, -0.1) is 0 Å². The number of hydrogen-bond donors (Lipinski definition) is 1. The highest BCUT2D eigenvalue weighted by Crippen LogP contribution is 2.64. The largest absolute Gasteiger partial charge is 0.438 e. The van der Waals surface area contributed by atoms with Crippen molar-refractivity contribution in [3.63, 3.8) is 0 Å². The molecular formula is C32H41NO6. The van der Waals surface area contributed by atoms with Crippen LogP contribution in [0.5, 0.6) is 0 Å². The number of anilines is 1. The fourth-order valence-electron chi connectivity index (χ4n) is 8.05. The fraction of sp³-hybridized carbons (Fsp3) is 0.625. The van der Waals surface area contributed by atoms with Crippen molar-refractivity contribution in [3.8, 4) is 0 Å². The maximum atomic E-state index is 14.8. The highest BCUT2D eigenvalue weighted by molar-refractivity contribution is 5.96. The van der Waals surface area contributed by atoms with E-state index < -0.39 is 41.0 Å². The van der Waals surface area contributed by atoms with Crippen LogP contribution in [0.4, 0.5) is 10.5 Å². The molecule has 5 aliphatic rings. The molecule has 0 aromatic heterocycles. The molecule has 1 saturated heterocycles. The third-order valence-electron chi connectivity index (χ3n) is 10.6. The Morgan fingerprint density at radius 1 is 1.13 bits per heavy atom. The minimum absolute atomic E-state index is 0.0282. The van der Waals surface area contributed by atoms with Crippen LogP contribution >= 0.6 is 0 Å². The topological polar surface area (TPSA) is 85.3 Å².